The predicted octanol–water partition coefficient (Wildman–Crippen LogP) is 3.80. The molecule has 0 unspecified atom stereocenters. The van der Waals surface area contributed by atoms with Crippen LogP contribution in [0, 0.1) is 12.7 Å². The van der Waals surface area contributed by atoms with Crippen LogP contribution in [0.4, 0.5) is 4.39 Å². The van der Waals surface area contributed by atoms with Crippen LogP contribution in [0.2, 0.25) is 0 Å². The van der Waals surface area contributed by atoms with E-state index in [1.165, 1.54) is 6.07 Å². The van der Waals surface area contributed by atoms with Crippen molar-refractivity contribution in [3.8, 4) is 5.75 Å². The van der Waals surface area contributed by atoms with Crippen molar-refractivity contribution in [2.75, 3.05) is 0 Å². The molecule has 20 heavy (non-hydrogen) atoms. The van der Waals surface area contributed by atoms with E-state index in [1.807, 2.05) is 13.0 Å². The van der Waals surface area contributed by atoms with Gasteiger partial charge in [-0.1, -0.05) is 26.0 Å². The molecule has 4 heteroatoms. The highest BCUT2D eigenvalue weighted by atomic mass is 19.1. The lowest BCUT2D eigenvalue weighted by molar-refractivity contribution is 0.256. The van der Waals surface area contributed by atoms with Crippen molar-refractivity contribution in [1.82, 2.24) is 5.32 Å². The molecule has 0 fully saturated rings. The van der Waals surface area contributed by atoms with E-state index >= 15 is 0 Å². The lowest BCUT2D eigenvalue weighted by atomic mass is 10.2. The molecule has 0 aliphatic heterocycles. The molecule has 0 aliphatic carbocycles. The summed E-state index contributed by atoms with van der Waals surface area (Å²) in [6, 6.07) is 8.72. The monoisotopic (exact) mass is 277 g/mol. The van der Waals surface area contributed by atoms with Crippen molar-refractivity contribution >= 4 is 0 Å². The molecule has 2 rings (SSSR count). The summed E-state index contributed by atoms with van der Waals surface area (Å²) in [5.41, 5.74) is 1.10. The number of halogens is 1. The van der Waals surface area contributed by atoms with Gasteiger partial charge in [0.15, 0.2) is 11.6 Å². The fourth-order valence-electron chi connectivity index (χ4n) is 1.86. The smallest absolute Gasteiger partial charge is 0.165 e. The average Bonchev–Trinajstić information content (AvgIpc) is 2.76. The van der Waals surface area contributed by atoms with Crippen LogP contribution >= 0.6 is 0 Å². The van der Waals surface area contributed by atoms with E-state index in [1.54, 1.807) is 18.2 Å². The van der Waals surface area contributed by atoms with Gasteiger partial charge in [0.2, 0.25) is 0 Å². The fourth-order valence-corrected chi connectivity index (χ4v) is 1.86. The summed E-state index contributed by atoms with van der Waals surface area (Å²) in [5.74, 6) is 1.44. The van der Waals surface area contributed by atoms with E-state index in [0.29, 0.717) is 11.8 Å². The van der Waals surface area contributed by atoms with Gasteiger partial charge in [-0.2, -0.15) is 0 Å². The van der Waals surface area contributed by atoms with Crippen molar-refractivity contribution in [3.05, 3.63) is 53.2 Å². The highest BCUT2D eigenvalue weighted by Crippen LogP contribution is 2.20. The van der Waals surface area contributed by atoms with Crippen molar-refractivity contribution < 1.29 is 13.5 Å². The zero-order valence-electron chi connectivity index (χ0n) is 12.1. The molecule has 1 aromatic heterocycles. The molecule has 0 radical (unpaired) electrons. The van der Waals surface area contributed by atoms with Crippen LogP contribution in [0.25, 0.3) is 0 Å². The molecule has 0 bridgehead atoms. The van der Waals surface area contributed by atoms with Crippen LogP contribution in [-0.2, 0) is 13.2 Å². The van der Waals surface area contributed by atoms with Gasteiger partial charge in [-0.3, -0.25) is 0 Å². The van der Waals surface area contributed by atoms with Crippen LogP contribution in [0.1, 0.15) is 30.9 Å². The number of furan rings is 1. The van der Waals surface area contributed by atoms with E-state index in [2.05, 4.69) is 19.2 Å². The molecule has 0 amide bonds. The van der Waals surface area contributed by atoms with Gasteiger partial charge in [0, 0.05) is 18.2 Å². The Morgan fingerprint density at radius 3 is 2.75 bits per heavy atom. The van der Waals surface area contributed by atoms with Crippen LogP contribution in [0.5, 0.6) is 5.75 Å². The van der Waals surface area contributed by atoms with Gasteiger partial charge in [-0.25, -0.2) is 4.39 Å². The average molecular weight is 277 g/mol. The molecular formula is C16H20FNO2. The molecule has 108 valence electrons. The molecule has 3 nitrogen and oxygen atoms in total. The Morgan fingerprint density at radius 2 is 2.05 bits per heavy atom. The van der Waals surface area contributed by atoms with Gasteiger partial charge in [-0.15, -0.1) is 0 Å². The normalized spacial score (nSPS) is 11.1. The number of benzene rings is 1. The van der Waals surface area contributed by atoms with Gasteiger partial charge in [0.25, 0.3) is 0 Å². The lowest BCUT2D eigenvalue weighted by Crippen LogP contribution is -2.21. The molecule has 2 aromatic rings. The van der Waals surface area contributed by atoms with Crippen molar-refractivity contribution in [3.63, 3.8) is 0 Å². The van der Waals surface area contributed by atoms with Gasteiger partial charge in [0.05, 0.1) is 0 Å². The Kier molecular flexibility index (Phi) is 4.79. The van der Waals surface area contributed by atoms with Gasteiger partial charge in [-0.05, 0) is 25.1 Å². The molecular weight excluding hydrogens is 257 g/mol. The first-order valence-electron chi connectivity index (χ1n) is 6.75. The standard InChI is InChI=1S/C16H20FNO2/c1-11(2)18-9-13-8-14(20-12(13)3)10-19-16-7-5-4-6-15(16)17/h4-8,11,18H,9-10H2,1-3H3. The molecule has 1 aromatic carbocycles. The minimum Gasteiger partial charge on any atom is -0.483 e. The number of aryl methyl sites for hydroxylation is 1. The number of nitrogens with one attached hydrogen (secondary N) is 1. The summed E-state index contributed by atoms with van der Waals surface area (Å²) in [7, 11) is 0. The van der Waals surface area contributed by atoms with E-state index in [0.717, 1.165) is 17.9 Å². The minimum absolute atomic E-state index is 0.226. The highest BCUT2D eigenvalue weighted by Gasteiger charge is 2.09. The van der Waals surface area contributed by atoms with Gasteiger partial charge in [0.1, 0.15) is 18.1 Å². The Hall–Kier alpha value is -1.81. The topological polar surface area (TPSA) is 34.4 Å². The predicted molar refractivity (Wildman–Crippen MR) is 76.2 cm³/mol. The minimum atomic E-state index is -0.363. The summed E-state index contributed by atoms with van der Waals surface area (Å²) in [6.07, 6.45) is 0. The summed E-state index contributed by atoms with van der Waals surface area (Å²) in [6.45, 7) is 7.09. The second kappa shape index (κ2) is 6.57. The maximum Gasteiger partial charge on any atom is 0.165 e. The maximum absolute atomic E-state index is 13.4. The third-order valence-corrected chi connectivity index (χ3v) is 2.98. The Morgan fingerprint density at radius 1 is 1.30 bits per heavy atom. The molecule has 1 heterocycles. The quantitative estimate of drug-likeness (QED) is 0.872. The highest BCUT2D eigenvalue weighted by molar-refractivity contribution is 5.25. The van der Waals surface area contributed by atoms with Crippen LogP contribution in [-0.4, -0.2) is 6.04 Å². The van der Waals surface area contributed by atoms with Crippen LogP contribution in [0.15, 0.2) is 34.7 Å². The summed E-state index contributed by atoms with van der Waals surface area (Å²) < 4.78 is 24.5. The first-order chi connectivity index (χ1) is 9.56. The second-order valence-corrected chi connectivity index (χ2v) is 5.05. The van der Waals surface area contributed by atoms with Crippen LogP contribution < -0.4 is 10.1 Å². The second-order valence-electron chi connectivity index (χ2n) is 5.05. The largest absolute Gasteiger partial charge is 0.483 e. The number of para-hydroxylation sites is 1. The number of hydrogen-bond acceptors (Lipinski definition) is 3. The fraction of sp³-hybridized carbons (Fsp3) is 0.375. The maximum atomic E-state index is 13.4. The first-order valence-corrected chi connectivity index (χ1v) is 6.75. The molecule has 0 atom stereocenters. The van der Waals surface area contributed by atoms with Crippen molar-refractivity contribution in [2.24, 2.45) is 0 Å². The SMILES string of the molecule is Cc1oc(COc2ccccc2F)cc1CNC(C)C. The summed E-state index contributed by atoms with van der Waals surface area (Å²) in [5, 5.41) is 3.34. The first kappa shape index (κ1) is 14.6. The van der Waals surface area contributed by atoms with Gasteiger partial charge < -0.3 is 14.5 Å². The number of rotatable bonds is 6. The van der Waals surface area contributed by atoms with E-state index < -0.39 is 0 Å². The Labute approximate surface area is 118 Å². The van der Waals surface area contributed by atoms with E-state index in [-0.39, 0.29) is 18.2 Å². The zero-order chi connectivity index (χ0) is 14.5. The third-order valence-electron chi connectivity index (χ3n) is 2.98. The Bertz CT molecular complexity index is 563. The van der Waals surface area contributed by atoms with Crippen molar-refractivity contribution in [2.45, 2.75) is 40.0 Å². The summed E-state index contributed by atoms with van der Waals surface area (Å²) >= 11 is 0. The molecule has 1 N–H and O–H groups in total. The lowest BCUT2D eigenvalue weighted by Gasteiger charge is -2.06. The Balaban J connectivity index is 1.97. The number of hydrogen-bond donors (Lipinski definition) is 1. The van der Waals surface area contributed by atoms with E-state index in [9.17, 15) is 4.39 Å². The third kappa shape index (κ3) is 3.84. The van der Waals surface area contributed by atoms with E-state index in [4.69, 9.17) is 9.15 Å². The molecule has 0 aliphatic rings. The molecule has 0 spiro atoms. The molecule has 0 saturated heterocycles. The zero-order valence-corrected chi connectivity index (χ0v) is 12.1. The summed E-state index contributed by atoms with van der Waals surface area (Å²) in [4.78, 5) is 0. The van der Waals surface area contributed by atoms with Crippen LogP contribution in [0.3, 0.4) is 0 Å². The molecule has 0 saturated carbocycles. The number of ether oxygens (including phenoxy) is 1. The van der Waals surface area contributed by atoms with Crippen molar-refractivity contribution in [1.29, 1.82) is 0 Å². The van der Waals surface area contributed by atoms with Gasteiger partial charge >= 0.3 is 0 Å².